The van der Waals surface area contributed by atoms with Gasteiger partial charge in [-0.15, -0.1) is 0 Å². The van der Waals surface area contributed by atoms with Crippen LogP contribution in [0.1, 0.15) is 16.1 Å². The van der Waals surface area contributed by atoms with Crippen molar-refractivity contribution in [2.45, 2.75) is 6.54 Å². The van der Waals surface area contributed by atoms with Gasteiger partial charge in [-0.2, -0.15) is 4.73 Å². The van der Waals surface area contributed by atoms with E-state index >= 15 is 0 Å². The third kappa shape index (κ3) is 3.07. The number of hydrogen-bond donors (Lipinski definition) is 1. The summed E-state index contributed by atoms with van der Waals surface area (Å²) in [4.78, 5) is 11.8. The number of aromatic nitrogens is 1. The van der Waals surface area contributed by atoms with Crippen LogP contribution in [0.2, 0.25) is 0 Å². The van der Waals surface area contributed by atoms with Crippen molar-refractivity contribution in [3.8, 4) is 0 Å². The van der Waals surface area contributed by atoms with Gasteiger partial charge in [-0.25, -0.2) is 0 Å². The Kier molecular flexibility index (Phi) is 3.94. The molecule has 0 atom stereocenters. The lowest BCUT2D eigenvalue weighted by Crippen LogP contribution is -2.35. The van der Waals surface area contributed by atoms with Gasteiger partial charge in [0.15, 0.2) is 6.20 Å². The van der Waals surface area contributed by atoms with E-state index in [4.69, 9.17) is 0 Å². The van der Waals surface area contributed by atoms with Gasteiger partial charge < -0.3 is 10.5 Å². The highest BCUT2D eigenvalue weighted by Crippen LogP contribution is 2.11. The highest BCUT2D eigenvalue weighted by atomic mass is 79.9. The summed E-state index contributed by atoms with van der Waals surface area (Å²) in [7, 11) is 0. The van der Waals surface area contributed by atoms with Gasteiger partial charge in [0.2, 0.25) is 5.69 Å². The molecule has 1 aromatic carbocycles. The summed E-state index contributed by atoms with van der Waals surface area (Å²) in [5.74, 6) is -0.208. The zero-order valence-electron chi connectivity index (χ0n) is 9.47. The first kappa shape index (κ1) is 12.6. The number of hydrogen-bond acceptors (Lipinski definition) is 2. The van der Waals surface area contributed by atoms with Crippen LogP contribution < -0.4 is 10.0 Å². The van der Waals surface area contributed by atoms with Crippen LogP contribution in [0.5, 0.6) is 0 Å². The molecule has 0 aliphatic carbocycles. The summed E-state index contributed by atoms with van der Waals surface area (Å²) in [5.41, 5.74) is 1.05. The van der Waals surface area contributed by atoms with Gasteiger partial charge >= 0.3 is 0 Å². The number of nitrogens with one attached hydrogen (secondary N) is 1. The number of pyridine rings is 1. The molecule has 1 aromatic heterocycles. The number of benzene rings is 1. The molecule has 4 nitrogen and oxygen atoms in total. The number of amides is 1. The maximum absolute atomic E-state index is 11.8. The lowest BCUT2D eigenvalue weighted by Gasteiger charge is -2.06. The van der Waals surface area contributed by atoms with E-state index < -0.39 is 0 Å². The molecule has 0 fully saturated rings. The zero-order chi connectivity index (χ0) is 13.0. The minimum absolute atomic E-state index is 0.204. The summed E-state index contributed by atoms with van der Waals surface area (Å²) in [6.07, 6.45) is 1.40. The molecule has 1 N–H and O–H groups in total. The van der Waals surface area contributed by atoms with Crippen LogP contribution in [0.15, 0.2) is 53.1 Å². The molecule has 2 rings (SSSR count). The van der Waals surface area contributed by atoms with Crippen LogP contribution in [0.4, 0.5) is 0 Å². The van der Waals surface area contributed by atoms with E-state index in [1.807, 2.05) is 6.07 Å². The van der Waals surface area contributed by atoms with Gasteiger partial charge in [0.1, 0.15) is 6.54 Å². The minimum Gasteiger partial charge on any atom is -0.618 e. The molecule has 92 valence electrons. The minimum atomic E-state index is -0.208. The van der Waals surface area contributed by atoms with E-state index in [9.17, 15) is 10.0 Å². The standard InChI is InChI=1S/C13H11BrN2O2/c14-11-5-3-4-10(8-11)13(17)15-9-12-6-1-2-7-16(12)18/h1-8H,9H2,(H,15,17). The van der Waals surface area contributed by atoms with Crippen molar-refractivity contribution in [1.82, 2.24) is 5.32 Å². The number of carbonyl (C=O) groups is 1. The largest absolute Gasteiger partial charge is 0.618 e. The SMILES string of the molecule is O=C(NCc1cccc[n+]1[O-])c1cccc(Br)c1. The number of halogens is 1. The van der Waals surface area contributed by atoms with Gasteiger partial charge in [-0.05, 0) is 24.3 Å². The molecule has 5 heteroatoms. The summed E-state index contributed by atoms with van der Waals surface area (Å²) in [6.45, 7) is 0.204. The van der Waals surface area contributed by atoms with Gasteiger partial charge in [0.05, 0.1) is 0 Å². The second-order valence-corrected chi connectivity index (χ2v) is 4.63. The van der Waals surface area contributed by atoms with Gasteiger partial charge in [0.25, 0.3) is 5.91 Å². The Morgan fingerprint density at radius 1 is 1.28 bits per heavy atom. The quantitative estimate of drug-likeness (QED) is 0.696. The first-order valence-corrected chi connectivity index (χ1v) is 6.17. The molecule has 0 saturated carbocycles. The molecule has 18 heavy (non-hydrogen) atoms. The predicted molar refractivity (Wildman–Crippen MR) is 70.7 cm³/mol. The molecule has 0 aliphatic heterocycles. The van der Waals surface area contributed by atoms with Crippen molar-refractivity contribution >= 4 is 21.8 Å². The van der Waals surface area contributed by atoms with E-state index in [1.165, 1.54) is 6.20 Å². The van der Waals surface area contributed by atoms with Crippen LogP contribution in [0.3, 0.4) is 0 Å². The van der Waals surface area contributed by atoms with E-state index in [2.05, 4.69) is 21.2 Å². The molecule has 0 bridgehead atoms. The van der Waals surface area contributed by atoms with Crippen molar-refractivity contribution in [2.24, 2.45) is 0 Å². The fourth-order valence-corrected chi connectivity index (χ4v) is 1.90. The maximum Gasteiger partial charge on any atom is 0.251 e. The molecule has 2 aromatic rings. The maximum atomic E-state index is 11.8. The van der Waals surface area contributed by atoms with Crippen molar-refractivity contribution in [3.63, 3.8) is 0 Å². The van der Waals surface area contributed by atoms with Crippen LogP contribution in [-0.4, -0.2) is 5.91 Å². The van der Waals surface area contributed by atoms with Gasteiger partial charge in [-0.1, -0.05) is 22.0 Å². The van der Waals surface area contributed by atoms with Crippen molar-refractivity contribution in [2.75, 3.05) is 0 Å². The smallest absolute Gasteiger partial charge is 0.251 e. The van der Waals surface area contributed by atoms with Crippen LogP contribution in [0, 0.1) is 5.21 Å². The average molecular weight is 307 g/mol. The molecule has 1 amide bonds. The highest BCUT2D eigenvalue weighted by molar-refractivity contribution is 9.10. The normalized spacial score (nSPS) is 10.1. The van der Waals surface area contributed by atoms with E-state index in [0.29, 0.717) is 11.3 Å². The lowest BCUT2D eigenvalue weighted by molar-refractivity contribution is -0.614. The molecule has 0 spiro atoms. The monoisotopic (exact) mass is 306 g/mol. The van der Waals surface area contributed by atoms with Gasteiger partial charge in [-0.3, -0.25) is 4.79 Å². The molecule has 1 heterocycles. The Bertz CT molecular complexity index is 572. The van der Waals surface area contributed by atoms with Crippen LogP contribution >= 0.6 is 15.9 Å². The lowest BCUT2D eigenvalue weighted by atomic mass is 10.2. The first-order valence-electron chi connectivity index (χ1n) is 5.37. The second kappa shape index (κ2) is 5.64. The van der Waals surface area contributed by atoms with Crippen molar-refractivity contribution in [1.29, 1.82) is 0 Å². The van der Waals surface area contributed by atoms with Crippen molar-refractivity contribution in [3.05, 3.63) is 69.6 Å². The van der Waals surface area contributed by atoms with Crippen LogP contribution in [0.25, 0.3) is 0 Å². The Morgan fingerprint density at radius 2 is 2.11 bits per heavy atom. The van der Waals surface area contributed by atoms with Gasteiger partial charge in [0, 0.05) is 22.2 Å². The molecule has 0 unspecified atom stereocenters. The summed E-state index contributed by atoms with van der Waals surface area (Å²) < 4.78 is 1.58. The number of rotatable bonds is 3. The molecule has 0 aliphatic rings. The average Bonchev–Trinajstić information content (AvgIpc) is 2.37. The molecule has 0 radical (unpaired) electrons. The third-order valence-electron chi connectivity index (χ3n) is 2.42. The van der Waals surface area contributed by atoms with E-state index in [-0.39, 0.29) is 12.5 Å². The van der Waals surface area contributed by atoms with E-state index in [0.717, 1.165) is 9.20 Å². The van der Waals surface area contributed by atoms with Crippen molar-refractivity contribution < 1.29 is 9.52 Å². The zero-order valence-corrected chi connectivity index (χ0v) is 11.1. The molecule has 0 saturated heterocycles. The highest BCUT2D eigenvalue weighted by Gasteiger charge is 2.08. The fourth-order valence-electron chi connectivity index (χ4n) is 1.50. The molecular weight excluding hydrogens is 296 g/mol. The summed E-state index contributed by atoms with van der Waals surface area (Å²) in [6, 6.07) is 12.2. The van der Waals surface area contributed by atoms with Crippen LogP contribution in [-0.2, 0) is 6.54 Å². The number of nitrogens with zero attached hydrogens (tertiary/aromatic N) is 1. The summed E-state index contributed by atoms with van der Waals surface area (Å²) in [5, 5.41) is 14.1. The Labute approximate surface area is 113 Å². The second-order valence-electron chi connectivity index (χ2n) is 3.71. The fraction of sp³-hybridized carbons (Fsp3) is 0.0769. The Balaban J connectivity index is 2.03. The first-order chi connectivity index (χ1) is 8.66. The van der Waals surface area contributed by atoms with E-state index in [1.54, 1.807) is 36.4 Å². The summed E-state index contributed by atoms with van der Waals surface area (Å²) >= 11 is 3.30. The Hall–Kier alpha value is -1.88. The Morgan fingerprint density at radius 3 is 2.83 bits per heavy atom. The number of carbonyl (C=O) groups excluding carboxylic acids is 1. The predicted octanol–water partition coefficient (Wildman–Crippen LogP) is 2.01. The molecular formula is C13H11BrN2O2. The topological polar surface area (TPSA) is 56.0 Å². The third-order valence-corrected chi connectivity index (χ3v) is 2.91.